The van der Waals surface area contributed by atoms with Crippen LogP contribution in [0.4, 0.5) is 13.2 Å². The van der Waals surface area contributed by atoms with Crippen LogP contribution in [0, 0.1) is 5.92 Å². The first-order valence-corrected chi connectivity index (χ1v) is 8.28. The molecule has 0 spiro atoms. The molecule has 3 rings (SSSR count). The van der Waals surface area contributed by atoms with E-state index in [-0.39, 0.29) is 24.3 Å². The van der Waals surface area contributed by atoms with Crippen LogP contribution in [-0.4, -0.2) is 37.9 Å². The van der Waals surface area contributed by atoms with Gasteiger partial charge in [0.25, 0.3) is 0 Å². The standard InChI is InChI=1S/C17H19F3N4O2/c18-17(19,20)15-3-2-11(9-21-15)8-16(26)23-13-6-12(7-14(13)25)10-24-5-1-4-22-24/h1-5,9,12-14,25H,6-8,10H2,(H,23,26)/t12?,13-,14-/m1/s1. The monoisotopic (exact) mass is 368 g/mol. The van der Waals surface area contributed by atoms with Gasteiger partial charge in [-0.3, -0.25) is 14.5 Å². The van der Waals surface area contributed by atoms with Crippen LogP contribution in [0.3, 0.4) is 0 Å². The fourth-order valence-electron chi connectivity index (χ4n) is 3.24. The third-order valence-corrected chi connectivity index (χ3v) is 4.46. The molecule has 6 nitrogen and oxygen atoms in total. The number of hydrogen-bond donors (Lipinski definition) is 2. The fourth-order valence-corrected chi connectivity index (χ4v) is 3.24. The predicted octanol–water partition coefficient (Wildman–Crippen LogP) is 1.80. The lowest BCUT2D eigenvalue weighted by Crippen LogP contribution is -2.40. The summed E-state index contributed by atoms with van der Waals surface area (Å²) in [6, 6.07) is 3.54. The van der Waals surface area contributed by atoms with Gasteiger partial charge >= 0.3 is 6.18 Å². The van der Waals surface area contributed by atoms with Crippen molar-refractivity contribution in [3.8, 4) is 0 Å². The van der Waals surface area contributed by atoms with Gasteiger partial charge < -0.3 is 10.4 Å². The summed E-state index contributed by atoms with van der Waals surface area (Å²) < 4.78 is 39.3. The first-order chi connectivity index (χ1) is 12.3. The van der Waals surface area contributed by atoms with Crippen molar-refractivity contribution in [3.05, 3.63) is 48.0 Å². The first kappa shape index (κ1) is 18.4. The van der Waals surface area contributed by atoms with Gasteiger partial charge in [0.15, 0.2) is 0 Å². The Morgan fingerprint density at radius 2 is 2.15 bits per heavy atom. The van der Waals surface area contributed by atoms with E-state index in [4.69, 9.17) is 0 Å². The van der Waals surface area contributed by atoms with E-state index in [9.17, 15) is 23.1 Å². The first-order valence-electron chi connectivity index (χ1n) is 8.28. The van der Waals surface area contributed by atoms with Crippen LogP contribution in [-0.2, 0) is 23.9 Å². The van der Waals surface area contributed by atoms with Gasteiger partial charge in [0.05, 0.1) is 18.6 Å². The average Bonchev–Trinajstić information content (AvgIpc) is 3.18. The molecule has 0 aliphatic heterocycles. The minimum Gasteiger partial charge on any atom is -0.391 e. The molecular weight excluding hydrogens is 349 g/mol. The molecule has 1 amide bonds. The van der Waals surface area contributed by atoms with Gasteiger partial charge in [-0.2, -0.15) is 18.3 Å². The molecular formula is C17H19F3N4O2. The summed E-state index contributed by atoms with van der Waals surface area (Å²) in [7, 11) is 0. The maximum Gasteiger partial charge on any atom is 0.433 e. The van der Waals surface area contributed by atoms with Crippen molar-refractivity contribution in [1.29, 1.82) is 0 Å². The van der Waals surface area contributed by atoms with Crippen LogP contribution < -0.4 is 5.32 Å². The number of alkyl halides is 3. The highest BCUT2D eigenvalue weighted by molar-refractivity contribution is 5.78. The van der Waals surface area contributed by atoms with Gasteiger partial charge in [-0.1, -0.05) is 6.07 Å². The van der Waals surface area contributed by atoms with Crippen molar-refractivity contribution in [2.24, 2.45) is 5.92 Å². The smallest absolute Gasteiger partial charge is 0.391 e. The second-order valence-electron chi connectivity index (χ2n) is 6.53. The van der Waals surface area contributed by atoms with E-state index in [0.717, 1.165) is 12.3 Å². The summed E-state index contributed by atoms with van der Waals surface area (Å²) in [5.41, 5.74) is -0.606. The van der Waals surface area contributed by atoms with Crippen LogP contribution in [0.1, 0.15) is 24.1 Å². The van der Waals surface area contributed by atoms with Crippen molar-refractivity contribution < 1.29 is 23.1 Å². The highest BCUT2D eigenvalue weighted by Gasteiger charge is 2.34. The molecule has 2 aromatic heterocycles. The van der Waals surface area contributed by atoms with Gasteiger partial charge in [0.1, 0.15) is 5.69 Å². The fraction of sp³-hybridized carbons (Fsp3) is 0.471. The SMILES string of the molecule is O=C(Cc1ccc(C(F)(F)F)nc1)N[C@@H]1CC(Cn2cccn2)C[C@H]1O. The Morgan fingerprint density at radius 1 is 1.35 bits per heavy atom. The molecule has 140 valence electrons. The molecule has 1 aliphatic carbocycles. The number of nitrogens with zero attached hydrogens (tertiary/aromatic N) is 3. The van der Waals surface area contributed by atoms with Crippen LogP contribution in [0.15, 0.2) is 36.8 Å². The number of rotatable bonds is 5. The number of carbonyl (C=O) groups excluding carboxylic acids is 1. The number of aliphatic hydroxyl groups is 1. The Morgan fingerprint density at radius 3 is 2.77 bits per heavy atom. The van der Waals surface area contributed by atoms with E-state index in [1.807, 2.05) is 12.3 Å². The van der Waals surface area contributed by atoms with E-state index in [0.29, 0.717) is 24.9 Å². The predicted molar refractivity (Wildman–Crippen MR) is 85.8 cm³/mol. The molecule has 2 N–H and O–H groups in total. The molecule has 0 bridgehead atoms. The van der Waals surface area contributed by atoms with Crippen LogP contribution >= 0.6 is 0 Å². The van der Waals surface area contributed by atoms with E-state index < -0.39 is 18.0 Å². The molecule has 9 heteroatoms. The number of amides is 1. The normalized spacial score (nSPS) is 23.2. The lowest BCUT2D eigenvalue weighted by Gasteiger charge is -2.16. The number of hydrogen-bond acceptors (Lipinski definition) is 4. The largest absolute Gasteiger partial charge is 0.433 e. The second-order valence-corrected chi connectivity index (χ2v) is 6.53. The van der Waals surface area contributed by atoms with Crippen LogP contribution in [0.2, 0.25) is 0 Å². The topological polar surface area (TPSA) is 80.0 Å². The lowest BCUT2D eigenvalue weighted by molar-refractivity contribution is -0.141. The van der Waals surface area contributed by atoms with Gasteiger partial charge in [-0.25, -0.2) is 0 Å². The molecule has 3 atom stereocenters. The molecule has 0 aromatic carbocycles. The highest BCUT2D eigenvalue weighted by Crippen LogP contribution is 2.28. The minimum atomic E-state index is -4.50. The van der Waals surface area contributed by atoms with E-state index in [1.165, 1.54) is 6.07 Å². The Bertz CT molecular complexity index is 731. The average molecular weight is 368 g/mol. The maximum atomic E-state index is 12.5. The Labute approximate surface area is 148 Å². The maximum absolute atomic E-state index is 12.5. The van der Waals surface area contributed by atoms with E-state index >= 15 is 0 Å². The number of aromatic nitrogens is 3. The van der Waals surface area contributed by atoms with Gasteiger partial charge in [0.2, 0.25) is 5.91 Å². The molecule has 1 aliphatic rings. The minimum absolute atomic E-state index is 0.0851. The van der Waals surface area contributed by atoms with Crippen molar-refractivity contribution in [2.45, 2.75) is 44.1 Å². The molecule has 1 saturated carbocycles. The molecule has 2 aromatic rings. The Kier molecular flexibility index (Phi) is 5.26. The lowest BCUT2D eigenvalue weighted by atomic mass is 10.1. The summed E-state index contributed by atoms with van der Waals surface area (Å²) in [5.74, 6) is -0.154. The van der Waals surface area contributed by atoms with E-state index in [2.05, 4.69) is 15.4 Å². The van der Waals surface area contributed by atoms with Gasteiger partial charge in [0, 0.05) is 25.1 Å². The third-order valence-electron chi connectivity index (χ3n) is 4.46. The van der Waals surface area contributed by atoms with Gasteiger partial charge in [-0.15, -0.1) is 0 Å². The zero-order valence-electron chi connectivity index (χ0n) is 13.9. The van der Waals surface area contributed by atoms with Crippen molar-refractivity contribution in [3.63, 3.8) is 0 Å². The molecule has 0 saturated heterocycles. The summed E-state index contributed by atoms with van der Waals surface area (Å²) >= 11 is 0. The van der Waals surface area contributed by atoms with Crippen LogP contribution in [0.25, 0.3) is 0 Å². The number of carbonyl (C=O) groups is 1. The molecule has 1 fully saturated rings. The highest BCUT2D eigenvalue weighted by atomic mass is 19.4. The summed E-state index contributed by atoms with van der Waals surface area (Å²) in [6.45, 7) is 0.666. The zero-order valence-corrected chi connectivity index (χ0v) is 13.9. The second kappa shape index (κ2) is 7.45. The zero-order chi connectivity index (χ0) is 18.7. The quantitative estimate of drug-likeness (QED) is 0.843. The van der Waals surface area contributed by atoms with Crippen LogP contribution in [0.5, 0.6) is 0 Å². The number of pyridine rings is 1. The summed E-state index contributed by atoms with van der Waals surface area (Å²) in [5, 5.41) is 17.0. The molecule has 1 unspecified atom stereocenters. The third kappa shape index (κ3) is 4.60. The van der Waals surface area contributed by atoms with Crippen molar-refractivity contribution >= 4 is 5.91 Å². The van der Waals surface area contributed by atoms with Gasteiger partial charge in [-0.05, 0) is 36.5 Å². The summed E-state index contributed by atoms with van der Waals surface area (Å²) in [4.78, 5) is 15.5. The number of halogens is 3. The molecule has 0 radical (unpaired) electrons. The summed E-state index contributed by atoms with van der Waals surface area (Å²) in [6.07, 6.45) is 0.526. The van der Waals surface area contributed by atoms with Crippen molar-refractivity contribution in [2.75, 3.05) is 0 Å². The molecule has 2 heterocycles. The van der Waals surface area contributed by atoms with E-state index in [1.54, 1.807) is 10.9 Å². The number of nitrogens with one attached hydrogen (secondary N) is 1. The van der Waals surface area contributed by atoms with Crippen molar-refractivity contribution in [1.82, 2.24) is 20.1 Å². The Balaban J connectivity index is 1.51. The Hall–Kier alpha value is -2.42. The number of aliphatic hydroxyl groups excluding tert-OH is 1. The molecule has 26 heavy (non-hydrogen) atoms.